The number of rotatable bonds is 9. The van der Waals surface area contributed by atoms with Crippen molar-refractivity contribution in [1.82, 2.24) is 14.5 Å². The number of amides is 1. The minimum Gasteiger partial charge on any atom is -0.383 e. The van der Waals surface area contributed by atoms with E-state index >= 15 is 0 Å². The number of halogens is 1. The summed E-state index contributed by atoms with van der Waals surface area (Å²) >= 11 is 6.20. The molecule has 2 aromatic carbocycles. The molecule has 0 aliphatic carbocycles. The van der Waals surface area contributed by atoms with Crippen LogP contribution in [-0.4, -0.2) is 47.2 Å². The Morgan fingerprint density at radius 3 is 2.68 bits per heavy atom. The number of ether oxygens (including phenoxy) is 1. The molecular weight excluding hydrogens is 410 g/mol. The zero-order chi connectivity index (χ0) is 21.8. The Morgan fingerprint density at radius 2 is 1.94 bits per heavy atom. The average Bonchev–Trinajstić information content (AvgIpc) is 3.37. The van der Waals surface area contributed by atoms with Crippen LogP contribution in [0.1, 0.15) is 37.3 Å². The van der Waals surface area contributed by atoms with E-state index in [0.717, 1.165) is 29.9 Å². The summed E-state index contributed by atoms with van der Waals surface area (Å²) in [6.45, 7) is 3.99. The van der Waals surface area contributed by atoms with Crippen molar-refractivity contribution in [2.45, 2.75) is 31.7 Å². The molecule has 1 unspecified atom stereocenters. The first-order chi connectivity index (χ1) is 15.1. The van der Waals surface area contributed by atoms with E-state index < -0.39 is 5.54 Å². The lowest BCUT2D eigenvalue weighted by molar-refractivity contribution is -0.132. The molecule has 0 fully saturated rings. The molecule has 0 saturated heterocycles. The molecule has 1 atom stereocenters. The number of carbonyl (C=O) groups excluding carboxylic acids is 1. The van der Waals surface area contributed by atoms with Gasteiger partial charge in [0.05, 0.1) is 12.1 Å². The minimum absolute atomic E-state index is 0.151. The van der Waals surface area contributed by atoms with E-state index in [1.165, 1.54) is 5.56 Å². The van der Waals surface area contributed by atoms with E-state index in [1.54, 1.807) is 7.11 Å². The second kappa shape index (κ2) is 9.25. The van der Waals surface area contributed by atoms with Gasteiger partial charge in [-0.3, -0.25) is 4.79 Å². The van der Waals surface area contributed by atoms with Gasteiger partial charge in [-0.2, -0.15) is 0 Å². The van der Waals surface area contributed by atoms with Crippen LogP contribution in [0.4, 0.5) is 0 Å². The molecule has 0 bridgehead atoms. The molecule has 4 rings (SSSR count). The van der Waals surface area contributed by atoms with Gasteiger partial charge in [-0.15, -0.1) is 0 Å². The molecule has 5 nitrogen and oxygen atoms in total. The fourth-order valence-electron chi connectivity index (χ4n) is 4.68. The smallest absolute Gasteiger partial charge is 0.222 e. The quantitative estimate of drug-likeness (QED) is 0.474. The summed E-state index contributed by atoms with van der Waals surface area (Å²) in [5, 5.41) is 0.695. The van der Waals surface area contributed by atoms with Gasteiger partial charge in [0.2, 0.25) is 5.91 Å². The Morgan fingerprint density at radius 1 is 1.16 bits per heavy atom. The van der Waals surface area contributed by atoms with Gasteiger partial charge in [0.1, 0.15) is 5.82 Å². The second-order valence-corrected chi connectivity index (χ2v) is 8.34. The van der Waals surface area contributed by atoms with Crippen LogP contribution >= 0.6 is 11.6 Å². The molecule has 1 aliphatic rings. The van der Waals surface area contributed by atoms with Crippen molar-refractivity contribution in [3.05, 3.63) is 77.1 Å². The maximum Gasteiger partial charge on any atom is 0.222 e. The van der Waals surface area contributed by atoms with Gasteiger partial charge in [0, 0.05) is 49.6 Å². The summed E-state index contributed by atoms with van der Waals surface area (Å²) in [6.07, 6.45) is 5.84. The van der Waals surface area contributed by atoms with Gasteiger partial charge < -0.3 is 14.2 Å². The van der Waals surface area contributed by atoms with E-state index in [1.807, 2.05) is 35.5 Å². The Bertz CT molecular complexity index is 1050. The summed E-state index contributed by atoms with van der Waals surface area (Å²) in [5.41, 5.74) is 2.89. The van der Waals surface area contributed by atoms with Crippen molar-refractivity contribution in [3.8, 4) is 11.4 Å². The fraction of sp³-hybridized carbons (Fsp3) is 0.360. The van der Waals surface area contributed by atoms with E-state index in [9.17, 15) is 4.79 Å². The fourth-order valence-corrected chi connectivity index (χ4v) is 4.80. The van der Waals surface area contributed by atoms with Crippen molar-refractivity contribution in [2.75, 3.05) is 26.8 Å². The third-order valence-corrected chi connectivity index (χ3v) is 6.35. The number of aromatic nitrogens is 2. The number of fused-ring (bicyclic) bond motifs is 3. The molecule has 1 amide bonds. The van der Waals surface area contributed by atoms with Gasteiger partial charge in [-0.05, 0) is 36.1 Å². The number of methoxy groups -OCH3 is 1. The maximum atomic E-state index is 13.2. The van der Waals surface area contributed by atoms with Crippen molar-refractivity contribution in [3.63, 3.8) is 0 Å². The first-order valence-electron chi connectivity index (χ1n) is 10.8. The Balaban J connectivity index is 1.74. The zero-order valence-corrected chi connectivity index (χ0v) is 18.8. The Kier molecular flexibility index (Phi) is 6.44. The molecule has 0 spiro atoms. The predicted molar refractivity (Wildman–Crippen MR) is 123 cm³/mol. The number of imidazole rings is 1. The molecule has 0 N–H and O–H groups in total. The largest absolute Gasteiger partial charge is 0.383 e. The lowest BCUT2D eigenvalue weighted by Crippen LogP contribution is -2.38. The topological polar surface area (TPSA) is 47.4 Å². The van der Waals surface area contributed by atoms with Crippen LogP contribution in [0.2, 0.25) is 5.02 Å². The maximum absolute atomic E-state index is 13.2. The normalized spacial score (nSPS) is 16.7. The summed E-state index contributed by atoms with van der Waals surface area (Å²) in [6, 6.07) is 16.3. The van der Waals surface area contributed by atoms with Crippen LogP contribution in [0.5, 0.6) is 0 Å². The van der Waals surface area contributed by atoms with E-state index in [0.29, 0.717) is 31.0 Å². The molecule has 1 aliphatic heterocycles. The Labute approximate surface area is 188 Å². The molecule has 31 heavy (non-hydrogen) atoms. The van der Waals surface area contributed by atoms with Crippen LogP contribution in [0.15, 0.2) is 60.9 Å². The molecule has 1 aromatic heterocycles. The highest BCUT2D eigenvalue weighted by Gasteiger charge is 2.44. The third-order valence-electron chi connectivity index (χ3n) is 6.10. The van der Waals surface area contributed by atoms with Crippen molar-refractivity contribution >= 4 is 17.5 Å². The summed E-state index contributed by atoms with van der Waals surface area (Å²) in [5.74, 6) is 1.08. The number of hydrogen-bond acceptors (Lipinski definition) is 3. The number of nitrogens with zero attached hydrogens (tertiary/aromatic N) is 3. The monoisotopic (exact) mass is 437 g/mol. The highest BCUT2D eigenvalue weighted by molar-refractivity contribution is 6.30. The molecule has 3 aromatic rings. The van der Waals surface area contributed by atoms with Gasteiger partial charge >= 0.3 is 0 Å². The van der Waals surface area contributed by atoms with Gasteiger partial charge in [0.15, 0.2) is 0 Å². The van der Waals surface area contributed by atoms with Crippen LogP contribution in [0.3, 0.4) is 0 Å². The van der Waals surface area contributed by atoms with Gasteiger partial charge in [0.25, 0.3) is 0 Å². The molecule has 6 heteroatoms. The minimum atomic E-state index is -0.498. The average molecular weight is 438 g/mol. The van der Waals surface area contributed by atoms with E-state index in [2.05, 4.69) is 46.8 Å². The molecule has 0 saturated carbocycles. The molecular formula is C25H28ClN3O2. The van der Waals surface area contributed by atoms with Crippen molar-refractivity contribution in [1.29, 1.82) is 0 Å². The number of carbonyl (C=O) groups is 1. The summed E-state index contributed by atoms with van der Waals surface area (Å²) in [4.78, 5) is 19.8. The van der Waals surface area contributed by atoms with E-state index in [-0.39, 0.29) is 5.91 Å². The highest BCUT2D eigenvalue weighted by atomic mass is 35.5. The lowest BCUT2D eigenvalue weighted by atomic mass is 9.79. The Hall–Kier alpha value is -2.63. The third kappa shape index (κ3) is 3.88. The van der Waals surface area contributed by atoms with Gasteiger partial charge in [-0.1, -0.05) is 54.9 Å². The molecule has 2 heterocycles. The first-order valence-corrected chi connectivity index (χ1v) is 11.2. The second-order valence-electron chi connectivity index (χ2n) is 7.91. The molecule has 0 radical (unpaired) electrons. The van der Waals surface area contributed by atoms with Crippen LogP contribution in [0, 0.1) is 0 Å². The zero-order valence-electron chi connectivity index (χ0n) is 18.1. The number of benzene rings is 2. The van der Waals surface area contributed by atoms with Gasteiger partial charge in [-0.25, -0.2) is 4.98 Å². The van der Waals surface area contributed by atoms with Crippen LogP contribution < -0.4 is 0 Å². The highest BCUT2D eigenvalue weighted by Crippen LogP contribution is 2.49. The summed E-state index contributed by atoms with van der Waals surface area (Å²) < 4.78 is 7.43. The van der Waals surface area contributed by atoms with Crippen molar-refractivity contribution in [2.24, 2.45) is 0 Å². The molecule has 162 valence electrons. The van der Waals surface area contributed by atoms with Crippen LogP contribution in [-0.2, 0) is 15.1 Å². The predicted octanol–water partition coefficient (Wildman–Crippen LogP) is 4.97. The lowest BCUT2D eigenvalue weighted by Gasteiger charge is -2.34. The standard InChI is InChI=1S/C25H28ClN3O2/c1-3-15-28(17-18-31-2)23(30)12-13-25(19-8-10-20(26)11-9-19)22-7-5-4-6-21(22)24-27-14-16-29(24)25/h4-11,14,16H,3,12-13,15,17-18H2,1-2H3. The number of hydrogen-bond donors (Lipinski definition) is 0. The van der Waals surface area contributed by atoms with E-state index in [4.69, 9.17) is 16.3 Å². The SMILES string of the molecule is CCCN(CCOC)C(=O)CCC1(c2ccc(Cl)cc2)c2ccccc2-c2nccn21. The van der Waals surface area contributed by atoms with Crippen molar-refractivity contribution < 1.29 is 9.53 Å². The summed E-state index contributed by atoms with van der Waals surface area (Å²) in [7, 11) is 1.67. The van der Waals surface area contributed by atoms with Crippen LogP contribution in [0.25, 0.3) is 11.4 Å². The first kappa shape index (κ1) is 21.6.